The highest BCUT2D eigenvalue weighted by atomic mass is 32.2. The molecule has 1 aromatic rings. The summed E-state index contributed by atoms with van der Waals surface area (Å²) >= 11 is 1.75. The van der Waals surface area contributed by atoms with Crippen LogP contribution in [0.4, 0.5) is 0 Å². The smallest absolute Gasteiger partial charge is 0.335 e. The van der Waals surface area contributed by atoms with E-state index >= 15 is 0 Å². The second-order valence-electron chi connectivity index (χ2n) is 6.66. The molecule has 3 aliphatic rings. The number of aliphatic hydroxyl groups is 1. The molecule has 25 heavy (non-hydrogen) atoms. The fourth-order valence-electron chi connectivity index (χ4n) is 3.43. The van der Waals surface area contributed by atoms with E-state index in [2.05, 4.69) is 11.8 Å². The summed E-state index contributed by atoms with van der Waals surface area (Å²) in [6.45, 7) is 8.06. The zero-order chi connectivity index (χ0) is 18.3. The van der Waals surface area contributed by atoms with Crippen molar-refractivity contribution >= 4 is 17.7 Å². The Morgan fingerprint density at radius 2 is 2.00 bits per heavy atom. The van der Waals surface area contributed by atoms with Gasteiger partial charge in [0, 0.05) is 18.9 Å². The maximum Gasteiger partial charge on any atom is 0.335 e. The minimum atomic E-state index is -0.879. The van der Waals surface area contributed by atoms with Gasteiger partial charge in [-0.15, -0.1) is 11.8 Å². The number of thioether (sulfide) groups is 1. The quantitative estimate of drug-likeness (QED) is 0.754. The van der Waals surface area contributed by atoms with E-state index in [0.29, 0.717) is 11.5 Å². The van der Waals surface area contributed by atoms with E-state index < -0.39 is 11.6 Å². The fraction of sp³-hybridized carbons (Fsp3) is 0.632. The maximum atomic E-state index is 10.7. The van der Waals surface area contributed by atoms with Gasteiger partial charge in [0.1, 0.15) is 0 Å². The number of piperidine rings is 3. The van der Waals surface area contributed by atoms with E-state index in [0.717, 1.165) is 18.9 Å². The van der Waals surface area contributed by atoms with Gasteiger partial charge in [-0.25, -0.2) is 4.79 Å². The van der Waals surface area contributed by atoms with Crippen molar-refractivity contribution in [3.05, 3.63) is 35.9 Å². The van der Waals surface area contributed by atoms with Crippen LogP contribution in [0.15, 0.2) is 30.3 Å². The fourth-order valence-corrected chi connectivity index (χ4v) is 4.52. The average Bonchev–Trinajstić information content (AvgIpc) is 2.62. The highest BCUT2D eigenvalue weighted by Gasteiger charge is 2.45. The molecular formula is C19H29NO4S. The van der Waals surface area contributed by atoms with E-state index in [-0.39, 0.29) is 5.44 Å². The van der Waals surface area contributed by atoms with Gasteiger partial charge in [0.05, 0.1) is 16.6 Å². The first kappa shape index (κ1) is 20.2. The summed E-state index contributed by atoms with van der Waals surface area (Å²) in [5, 5.41) is 19.0. The third-order valence-corrected chi connectivity index (χ3v) is 6.11. The molecule has 6 heteroatoms. The number of aromatic carboxylic acids is 1. The van der Waals surface area contributed by atoms with Gasteiger partial charge in [0.2, 0.25) is 0 Å². The van der Waals surface area contributed by atoms with Gasteiger partial charge in [-0.2, -0.15) is 0 Å². The lowest BCUT2D eigenvalue weighted by molar-refractivity contribution is -0.0952. The summed E-state index contributed by atoms with van der Waals surface area (Å²) in [5.41, 5.74) is 0.0639. The standard InChI is InChI=1S/C12H23NO2S.C7H6O2/c1-3-15-10(2)16-9-12(14)8-13-6-4-11(12)5-7-13;8-7(9)6-4-2-1-3-5-6/h10-11,14H,3-9H2,1-2H3;1-5H,(H,8,9). The highest BCUT2D eigenvalue weighted by molar-refractivity contribution is 7.99. The number of rotatable bonds is 6. The zero-order valence-electron chi connectivity index (χ0n) is 15.1. The summed E-state index contributed by atoms with van der Waals surface area (Å²) in [6, 6.07) is 8.30. The van der Waals surface area contributed by atoms with E-state index in [4.69, 9.17) is 9.84 Å². The Morgan fingerprint density at radius 3 is 2.44 bits per heavy atom. The summed E-state index contributed by atoms with van der Waals surface area (Å²) in [7, 11) is 0. The number of carboxylic acids is 1. The molecular weight excluding hydrogens is 338 g/mol. The van der Waals surface area contributed by atoms with Gasteiger partial charge >= 0.3 is 5.97 Å². The first-order valence-electron chi connectivity index (χ1n) is 8.91. The maximum absolute atomic E-state index is 10.7. The number of ether oxygens (including phenoxy) is 1. The largest absolute Gasteiger partial charge is 0.478 e. The predicted octanol–water partition coefficient (Wildman–Crippen LogP) is 2.94. The minimum Gasteiger partial charge on any atom is -0.478 e. The molecule has 2 bridgehead atoms. The molecule has 0 spiro atoms. The van der Waals surface area contributed by atoms with Gasteiger partial charge in [0.15, 0.2) is 0 Å². The van der Waals surface area contributed by atoms with Crippen LogP contribution < -0.4 is 0 Å². The molecule has 3 heterocycles. The predicted molar refractivity (Wildman–Crippen MR) is 101 cm³/mol. The number of carbonyl (C=O) groups is 1. The van der Waals surface area contributed by atoms with Crippen LogP contribution in [0.2, 0.25) is 0 Å². The Hall–Kier alpha value is -1.08. The molecule has 2 N–H and O–H groups in total. The summed E-state index contributed by atoms with van der Waals surface area (Å²) in [5.74, 6) is 0.449. The van der Waals surface area contributed by atoms with Crippen molar-refractivity contribution in [1.82, 2.24) is 4.90 Å². The van der Waals surface area contributed by atoms with Crippen LogP contribution in [-0.2, 0) is 4.74 Å². The molecule has 0 aromatic heterocycles. The highest BCUT2D eigenvalue weighted by Crippen LogP contribution is 2.38. The third kappa shape index (κ3) is 5.99. The average molecular weight is 368 g/mol. The Kier molecular flexibility index (Phi) is 7.75. The van der Waals surface area contributed by atoms with Crippen LogP contribution in [0.5, 0.6) is 0 Å². The number of hydrogen-bond acceptors (Lipinski definition) is 5. The van der Waals surface area contributed by atoms with Crippen molar-refractivity contribution in [3.63, 3.8) is 0 Å². The Labute approximate surface area is 154 Å². The number of benzene rings is 1. The second-order valence-corrected chi connectivity index (χ2v) is 7.95. The van der Waals surface area contributed by atoms with E-state index in [9.17, 15) is 9.90 Å². The molecule has 3 aliphatic heterocycles. The lowest BCUT2D eigenvalue weighted by atomic mass is 9.76. The Bertz CT molecular complexity index is 533. The molecule has 0 saturated carbocycles. The van der Waals surface area contributed by atoms with Crippen molar-refractivity contribution < 1.29 is 19.7 Å². The van der Waals surface area contributed by atoms with Crippen molar-refractivity contribution in [2.75, 3.05) is 32.0 Å². The van der Waals surface area contributed by atoms with Gasteiger partial charge in [0.25, 0.3) is 0 Å². The summed E-state index contributed by atoms with van der Waals surface area (Å²) < 4.78 is 5.50. The van der Waals surface area contributed by atoms with Crippen molar-refractivity contribution in [2.45, 2.75) is 37.7 Å². The Morgan fingerprint density at radius 1 is 1.36 bits per heavy atom. The van der Waals surface area contributed by atoms with Crippen molar-refractivity contribution in [1.29, 1.82) is 0 Å². The van der Waals surface area contributed by atoms with Crippen LogP contribution in [0.1, 0.15) is 37.0 Å². The van der Waals surface area contributed by atoms with Gasteiger partial charge in [-0.3, -0.25) is 0 Å². The number of nitrogens with zero attached hydrogens (tertiary/aromatic N) is 1. The molecule has 3 fully saturated rings. The number of fused-ring (bicyclic) bond motifs is 3. The molecule has 4 rings (SSSR count). The molecule has 0 amide bonds. The number of hydrogen-bond donors (Lipinski definition) is 2. The van der Waals surface area contributed by atoms with E-state index in [1.807, 2.05) is 6.92 Å². The van der Waals surface area contributed by atoms with Gasteiger partial charge in [-0.05, 0) is 57.8 Å². The topological polar surface area (TPSA) is 70.0 Å². The third-order valence-electron chi connectivity index (χ3n) is 4.84. The minimum absolute atomic E-state index is 0.199. The van der Waals surface area contributed by atoms with E-state index in [1.54, 1.807) is 42.1 Å². The van der Waals surface area contributed by atoms with E-state index in [1.165, 1.54) is 25.9 Å². The lowest BCUT2D eigenvalue weighted by Gasteiger charge is -2.50. The molecule has 2 atom stereocenters. The first-order chi connectivity index (χ1) is 11.9. The monoisotopic (exact) mass is 367 g/mol. The lowest BCUT2D eigenvalue weighted by Crippen LogP contribution is -2.60. The molecule has 0 radical (unpaired) electrons. The SMILES string of the molecule is CCOC(C)SCC1(O)CN2CCC1CC2.O=C(O)c1ccccc1. The molecule has 0 aliphatic carbocycles. The second kappa shape index (κ2) is 9.57. The van der Waals surface area contributed by atoms with Crippen LogP contribution in [0.3, 0.4) is 0 Å². The molecule has 5 nitrogen and oxygen atoms in total. The van der Waals surface area contributed by atoms with Gasteiger partial charge < -0.3 is 19.8 Å². The van der Waals surface area contributed by atoms with Crippen LogP contribution in [-0.4, -0.2) is 64.1 Å². The summed E-state index contributed by atoms with van der Waals surface area (Å²) in [6.07, 6.45) is 2.33. The molecule has 1 aromatic carbocycles. The number of carboxylic acid groups (broad SMARTS) is 1. The molecule has 2 unspecified atom stereocenters. The van der Waals surface area contributed by atoms with Crippen LogP contribution in [0, 0.1) is 5.92 Å². The Balaban J connectivity index is 0.000000212. The van der Waals surface area contributed by atoms with Crippen molar-refractivity contribution in [2.24, 2.45) is 5.92 Å². The first-order valence-corrected chi connectivity index (χ1v) is 9.95. The van der Waals surface area contributed by atoms with Crippen LogP contribution >= 0.6 is 11.8 Å². The van der Waals surface area contributed by atoms with Crippen LogP contribution in [0.25, 0.3) is 0 Å². The normalized spacial score (nSPS) is 28.8. The molecule has 140 valence electrons. The van der Waals surface area contributed by atoms with Crippen molar-refractivity contribution in [3.8, 4) is 0 Å². The summed E-state index contributed by atoms with van der Waals surface area (Å²) in [4.78, 5) is 12.6. The zero-order valence-corrected chi connectivity index (χ0v) is 15.9. The van der Waals surface area contributed by atoms with Gasteiger partial charge in [-0.1, -0.05) is 18.2 Å². The molecule has 3 saturated heterocycles.